The molecule has 2 atom stereocenters. The third-order valence-electron chi connectivity index (χ3n) is 1.86. The van der Waals surface area contributed by atoms with Crippen LogP contribution in [0.3, 0.4) is 0 Å². The van der Waals surface area contributed by atoms with Crippen LogP contribution in [-0.2, 0) is 0 Å². The van der Waals surface area contributed by atoms with Crippen LogP contribution < -0.4 is 5.73 Å². The lowest BCUT2D eigenvalue weighted by Crippen LogP contribution is -2.32. The van der Waals surface area contributed by atoms with Gasteiger partial charge in [0.15, 0.2) is 0 Å². The first kappa shape index (κ1) is 6.99. The molecule has 3 N–H and O–H groups in total. The van der Waals surface area contributed by atoms with Gasteiger partial charge in [-0.25, -0.2) is 0 Å². The van der Waals surface area contributed by atoms with Crippen molar-refractivity contribution in [1.29, 1.82) is 0 Å². The van der Waals surface area contributed by atoms with E-state index in [0.29, 0.717) is 0 Å². The van der Waals surface area contributed by atoms with E-state index in [-0.39, 0.29) is 12.1 Å². The van der Waals surface area contributed by atoms with Crippen molar-refractivity contribution in [2.45, 2.75) is 19.1 Å². The van der Waals surface area contributed by atoms with E-state index >= 15 is 0 Å². The van der Waals surface area contributed by atoms with Gasteiger partial charge in [0.25, 0.3) is 0 Å². The van der Waals surface area contributed by atoms with Crippen molar-refractivity contribution in [1.82, 2.24) is 4.90 Å². The Morgan fingerprint density at radius 3 is 2.56 bits per heavy atom. The van der Waals surface area contributed by atoms with Gasteiger partial charge in [-0.3, -0.25) is 4.90 Å². The highest BCUT2D eigenvalue weighted by Crippen LogP contribution is 2.06. The van der Waals surface area contributed by atoms with Gasteiger partial charge in [-0.05, 0) is 6.54 Å². The molecule has 9 heavy (non-hydrogen) atoms. The molecule has 0 unspecified atom stereocenters. The number of hydrogen-bond acceptors (Lipinski definition) is 3. The monoisotopic (exact) mass is 130 g/mol. The second-order valence-corrected chi connectivity index (χ2v) is 2.58. The van der Waals surface area contributed by atoms with Crippen molar-refractivity contribution in [2.75, 3.05) is 19.6 Å². The van der Waals surface area contributed by atoms with Crippen molar-refractivity contribution in [3.8, 4) is 0 Å². The number of nitrogens with two attached hydrogens (primary N) is 1. The molecule has 1 aliphatic heterocycles. The highest BCUT2D eigenvalue weighted by molar-refractivity contribution is 4.85. The largest absolute Gasteiger partial charge is 0.390 e. The molecule has 0 saturated carbocycles. The average Bonchev–Trinajstić information content (AvgIpc) is 2.13. The topological polar surface area (TPSA) is 49.5 Å². The molecule has 1 fully saturated rings. The van der Waals surface area contributed by atoms with Crippen molar-refractivity contribution in [3.63, 3.8) is 0 Å². The van der Waals surface area contributed by atoms with Gasteiger partial charge >= 0.3 is 0 Å². The van der Waals surface area contributed by atoms with Crippen LogP contribution in [0.1, 0.15) is 6.92 Å². The molecule has 0 aromatic heterocycles. The fourth-order valence-corrected chi connectivity index (χ4v) is 1.15. The van der Waals surface area contributed by atoms with Gasteiger partial charge in [0.05, 0.1) is 6.10 Å². The van der Waals surface area contributed by atoms with Gasteiger partial charge in [0.2, 0.25) is 0 Å². The summed E-state index contributed by atoms with van der Waals surface area (Å²) in [5, 5.41) is 9.13. The molecule has 3 nitrogen and oxygen atoms in total. The first-order valence-electron chi connectivity index (χ1n) is 3.40. The molecule has 1 aliphatic rings. The molecule has 1 saturated heterocycles. The van der Waals surface area contributed by atoms with E-state index in [1.54, 1.807) is 0 Å². The number of likely N-dealkylation sites (N-methyl/N-ethyl adjacent to an activating group) is 1. The minimum absolute atomic E-state index is 0.0232. The lowest BCUT2D eigenvalue weighted by molar-refractivity contribution is 0.166. The number of aliphatic hydroxyl groups excluding tert-OH is 1. The summed E-state index contributed by atoms with van der Waals surface area (Å²) in [6.07, 6.45) is -0.301. The van der Waals surface area contributed by atoms with E-state index < -0.39 is 0 Å². The van der Waals surface area contributed by atoms with E-state index in [2.05, 4.69) is 11.8 Å². The third-order valence-corrected chi connectivity index (χ3v) is 1.86. The summed E-state index contributed by atoms with van der Waals surface area (Å²) in [7, 11) is 0. The Labute approximate surface area is 55.5 Å². The van der Waals surface area contributed by atoms with E-state index in [4.69, 9.17) is 10.8 Å². The number of likely N-dealkylation sites (tertiary alicyclic amines) is 1. The first-order chi connectivity index (χ1) is 4.24. The molecule has 0 bridgehead atoms. The zero-order chi connectivity index (χ0) is 6.85. The lowest BCUT2D eigenvalue weighted by atomic mass is 10.2. The fourth-order valence-electron chi connectivity index (χ4n) is 1.15. The van der Waals surface area contributed by atoms with Crippen LogP contribution in [0.15, 0.2) is 0 Å². The summed E-state index contributed by atoms with van der Waals surface area (Å²) in [5.74, 6) is 0. The van der Waals surface area contributed by atoms with Gasteiger partial charge in [-0.15, -0.1) is 0 Å². The molecular weight excluding hydrogens is 116 g/mol. The fraction of sp³-hybridized carbons (Fsp3) is 1.00. The highest BCUT2D eigenvalue weighted by atomic mass is 16.3. The Morgan fingerprint density at radius 1 is 1.67 bits per heavy atom. The molecule has 1 heterocycles. The van der Waals surface area contributed by atoms with Crippen LogP contribution in [0, 0.1) is 0 Å². The number of nitrogens with zero attached hydrogens (tertiary/aromatic N) is 1. The zero-order valence-corrected chi connectivity index (χ0v) is 5.75. The molecule has 0 aromatic rings. The van der Waals surface area contributed by atoms with Gasteiger partial charge < -0.3 is 10.8 Å². The number of β-amino-alcohol motifs (C(OH)–C–C–N with tert-alkyl or cyclic N) is 1. The van der Waals surface area contributed by atoms with E-state index in [1.165, 1.54) is 0 Å². The van der Waals surface area contributed by atoms with Crippen LogP contribution in [0.4, 0.5) is 0 Å². The molecule has 1 rings (SSSR count). The van der Waals surface area contributed by atoms with E-state index in [1.807, 2.05) is 0 Å². The molecular formula is C6H14N2O. The smallest absolute Gasteiger partial charge is 0.0830 e. The molecule has 0 radical (unpaired) electrons. The van der Waals surface area contributed by atoms with Gasteiger partial charge in [-0.2, -0.15) is 0 Å². The third kappa shape index (κ3) is 1.41. The summed E-state index contributed by atoms with van der Waals surface area (Å²) in [4.78, 5) is 2.15. The average molecular weight is 130 g/mol. The van der Waals surface area contributed by atoms with Crippen molar-refractivity contribution >= 4 is 0 Å². The molecule has 0 aliphatic carbocycles. The van der Waals surface area contributed by atoms with Crippen molar-refractivity contribution in [3.05, 3.63) is 0 Å². The number of aliphatic hydroxyl groups is 1. The number of rotatable bonds is 1. The predicted octanol–water partition coefficient (Wildman–Crippen LogP) is -0.990. The normalized spacial score (nSPS) is 37.7. The zero-order valence-electron chi connectivity index (χ0n) is 5.75. The Balaban J connectivity index is 2.35. The summed E-state index contributed by atoms with van der Waals surface area (Å²) in [5.41, 5.74) is 5.55. The Morgan fingerprint density at radius 2 is 2.33 bits per heavy atom. The molecule has 3 heteroatoms. The summed E-state index contributed by atoms with van der Waals surface area (Å²) >= 11 is 0. The molecule has 0 amide bonds. The predicted molar refractivity (Wildman–Crippen MR) is 36.1 cm³/mol. The van der Waals surface area contributed by atoms with E-state index in [9.17, 15) is 0 Å². The van der Waals surface area contributed by atoms with Gasteiger partial charge in [0.1, 0.15) is 0 Å². The summed E-state index contributed by atoms with van der Waals surface area (Å²) < 4.78 is 0. The molecule has 0 spiro atoms. The minimum atomic E-state index is -0.301. The SMILES string of the molecule is CCN1C[C@@H](N)[C@H](O)C1. The molecule has 0 aromatic carbocycles. The summed E-state index contributed by atoms with van der Waals surface area (Å²) in [6, 6.07) is -0.0232. The first-order valence-corrected chi connectivity index (χ1v) is 3.40. The highest BCUT2D eigenvalue weighted by Gasteiger charge is 2.26. The van der Waals surface area contributed by atoms with Crippen molar-refractivity contribution in [2.24, 2.45) is 5.73 Å². The van der Waals surface area contributed by atoms with Crippen LogP contribution in [0.5, 0.6) is 0 Å². The maximum atomic E-state index is 9.13. The van der Waals surface area contributed by atoms with Gasteiger partial charge in [0, 0.05) is 19.1 Å². The Kier molecular flexibility index (Phi) is 2.05. The lowest BCUT2D eigenvalue weighted by Gasteiger charge is -2.09. The van der Waals surface area contributed by atoms with Crippen LogP contribution in [0.2, 0.25) is 0 Å². The quantitative estimate of drug-likeness (QED) is 0.479. The van der Waals surface area contributed by atoms with Crippen LogP contribution in [0.25, 0.3) is 0 Å². The Bertz CT molecular complexity index is 87.1. The van der Waals surface area contributed by atoms with Crippen molar-refractivity contribution < 1.29 is 5.11 Å². The maximum Gasteiger partial charge on any atom is 0.0830 e. The standard InChI is InChI=1S/C6H14N2O/c1-2-8-3-5(7)6(9)4-8/h5-6,9H,2-4,7H2,1H3/t5-,6-/m1/s1. The Hall–Kier alpha value is -0.120. The second-order valence-electron chi connectivity index (χ2n) is 2.58. The summed E-state index contributed by atoms with van der Waals surface area (Å²) in [6.45, 7) is 4.66. The maximum absolute atomic E-state index is 9.13. The number of hydrogen-bond donors (Lipinski definition) is 2. The van der Waals surface area contributed by atoms with Crippen LogP contribution >= 0.6 is 0 Å². The second kappa shape index (κ2) is 2.64. The van der Waals surface area contributed by atoms with Gasteiger partial charge in [-0.1, -0.05) is 6.92 Å². The molecule has 54 valence electrons. The van der Waals surface area contributed by atoms with Crippen LogP contribution in [-0.4, -0.2) is 41.8 Å². The van der Waals surface area contributed by atoms with E-state index in [0.717, 1.165) is 19.6 Å². The minimum Gasteiger partial charge on any atom is -0.390 e.